The SMILES string of the molecule is B.CCC(C)=O.F.F.F.NCCc1ccccc1. The van der Waals surface area contributed by atoms with Crippen molar-refractivity contribution >= 4 is 14.2 Å². The van der Waals surface area contributed by atoms with Crippen LogP contribution in [0.1, 0.15) is 25.8 Å². The summed E-state index contributed by atoms with van der Waals surface area (Å²) in [6, 6.07) is 10.3. The van der Waals surface area contributed by atoms with Gasteiger partial charge in [0.05, 0.1) is 8.41 Å². The van der Waals surface area contributed by atoms with E-state index in [9.17, 15) is 4.79 Å². The Kier molecular flexibility index (Phi) is 35.1. The summed E-state index contributed by atoms with van der Waals surface area (Å²) in [6.07, 6.45) is 1.65. The van der Waals surface area contributed by atoms with E-state index < -0.39 is 0 Å². The van der Waals surface area contributed by atoms with Crippen LogP contribution in [-0.2, 0) is 11.2 Å². The number of ketones is 1. The molecule has 0 bridgehead atoms. The Hall–Kier alpha value is -1.30. The molecular weight excluding hydrogens is 242 g/mol. The maximum atomic E-state index is 9.81. The van der Waals surface area contributed by atoms with Crippen molar-refractivity contribution in [3.8, 4) is 0 Å². The highest BCUT2D eigenvalue weighted by atomic mass is 19.0. The molecule has 0 amide bonds. The van der Waals surface area contributed by atoms with Crippen molar-refractivity contribution in [2.24, 2.45) is 5.73 Å². The molecule has 0 saturated heterocycles. The van der Waals surface area contributed by atoms with E-state index in [0.717, 1.165) is 13.0 Å². The van der Waals surface area contributed by atoms with Gasteiger partial charge in [-0.25, -0.2) is 0 Å². The summed E-state index contributed by atoms with van der Waals surface area (Å²) in [4.78, 5) is 9.81. The van der Waals surface area contributed by atoms with Gasteiger partial charge in [-0.3, -0.25) is 14.1 Å². The lowest BCUT2D eigenvalue weighted by molar-refractivity contribution is -0.116. The molecule has 0 aliphatic heterocycles. The van der Waals surface area contributed by atoms with Gasteiger partial charge in [-0.05, 0) is 25.5 Å². The van der Waals surface area contributed by atoms with E-state index in [1.165, 1.54) is 5.56 Å². The molecule has 2 nitrogen and oxygen atoms in total. The number of nitrogens with two attached hydrogens (primary N) is 1. The second-order valence-corrected chi connectivity index (χ2v) is 3.08. The van der Waals surface area contributed by atoms with E-state index >= 15 is 0 Å². The molecule has 1 rings (SSSR count). The lowest BCUT2D eigenvalue weighted by Gasteiger charge is -1.93. The third-order valence-corrected chi connectivity index (χ3v) is 1.77. The molecule has 1 aromatic carbocycles. The molecule has 0 aliphatic carbocycles. The Labute approximate surface area is 109 Å². The fourth-order valence-corrected chi connectivity index (χ4v) is 0.811. The Morgan fingerprint density at radius 2 is 1.50 bits per heavy atom. The smallest absolute Gasteiger partial charge is 0.129 e. The molecule has 0 fully saturated rings. The first-order valence-corrected chi connectivity index (χ1v) is 4.94. The van der Waals surface area contributed by atoms with Crippen molar-refractivity contribution < 1.29 is 18.9 Å². The predicted octanol–water partition coefficient (Wildman–Crippen LogP) is 1.45. The lowest BCUT2D eigenvalue weighted by atomic mass is 10.2. The zero-order chi connectivity index (χ0) is 10.8. The van der Waals surface area contributed by atoms with Crippen LogP contribution in [0, 0.1) is 0 Å². The van der Waals surface area contributed by atoms with Crippen LogP contribution in [-0.4, -0.2) is 20.7 Å². The highest BCUT2D eigenvalue weighted by Crippen LogP contribution is 1.96. The van der Waals surface area contributed by atoms with Gasteiger partial charge in [-0.15, -0.1) is 0 Å². The fraction of sp³-hybridized carbons (Fsp3) is 0.417. The normalized spacial score (nSPS) is 6.83. The van der Waals surface area contributed by atoms with Gasteiger partial charge >= 0.3 is 0 Å². The van der Waals surface area contributed by atoms with Gasteiger partial charge in [0, 0.05) is 6.42 Å². The third kappa shape index (κ3) is 20.2. The van der Waals surface area contributed by atoms with Crippen LogP contribution in [0.15, 0.2) is 30.3 Å². The monoisotopic (exact) mass is 267 g/mol. The number of halogens is 3. The topological polar surface area (TPSA) is 43.1 Å². The largest absolute Gasteiger partial charge is 0.330 e. The Morgan fingerprint density at radius 3 is 1.78 bits per heavy atom. The average Bonchev–Trinajstić information content (AvgIpc) is 2.21. The molecule has 6 heteroatoms. The molecular formula is C12H25BF3NO. The second-order valence-electron chi connectivity index (χ2n) is 3.08. The highest BCUT2D eigenvalue weighted by molar-refractivity contribution is 5.75. The number of carbonyl (C=O) groups excluding carboxylic acids is 1. The fourth-order valence-electron chi connectivity index (χ4n) is 0.811. The van der Waals surface area contributed by atoms with Crippen molar-refractivity contribution in [3.05, 3.63) is 35.9 Å². The van der Waals surface area contributed by atoms with Gasteiger partial charge in [0.1, 0.15) is 5.78 Å². The Balaban J connectivity index is -0.0000000567. The summed E-state index contributed by atoms with van der Waals surface area (Å²) in [6.45, 7) is 4.17. The number of Topliss-reactive ketones (excluding diaryl/α,β-unsaturated/α-hetero) is 1. The molecule has 0 spiro atoms. The second kappa shape index (κ2) is 21.0. The zero-order valence-corrected chi connectivity index (χ0v) is 10.2. The quantitative estimate of drug-likeness (QED) is 0.842. The van der Waals surface area contributed by atoms with E-state index in [-0.39, 0.29) is 28.3 Å². The molecule has 0 atom stereocenters. The third-order valence-electron chi connectivity index (χ3n) is 1.77. The maximum absolute atomic E-state index is 9.81. The minimum atomic E-state index is 0. The molecule has 0 aromatic heterocycles. The highest BCUT2D eigenvalue weighted by Gasteiger charge is 1.84. The summed E-state index contributed by atoms with van der Waals surface area (Å²) >= 11 is 0. The number of hydrogen-bond acceptors (Lipinski definition) is 2. The minimum Gasteiger partial charge on any atom is -0.330 e. The molecule has 0 radical (unpaired) electrons. The first-order chi connectivity index (χ1) is 6.70. The van der Waals surface area contributed by atoms with Crippen molar-refractivity contribution in [3.63, 3.8) is 0 Å². The summed E-state index contributed by atoms with van der Waals surface area (Å²) in [5, 5.41) is 0. The van der Waals surface area contributed by atoms with Crippen LogP contribution >= 0.6 is 0 Å². The van der Waals surface area contributed by atoms with Crippen molar-refractivity contribution in [1.29, 1.82) is 0 Å². The van der Waals surface area contributed by atoms with E-state index in [0.29, 0.717) is 6.42 Å². The van der Waals surface area contributed by atoms with Crippen LogP contribution in [0.2, 0.25) is 0 Å². The number of hydrogen-bond donors (Lipinski definition) is 1. The van der Waals surface area contributed by atoms with Gasteiger partial charge in [0.2, 0.25) is 0 Å². The lowest BCUT2D eigenvalue weighted by Crippen LogP contribution is -2.01. The minimum absolute atomic E-state index is 0. The van der Waals surface area contributed by atoms with E-state index in [2.05, 4.69) is 12.1 Å². The van der Waals surface area contributed by atoms with Crippen LogP contribution in [0.4, 0.5) is 14.1 Å². The zero-order valence-electron chi connectivity index (χ0n) is 10.2. The Morgan fingerprint density at radius 1 is 1.11 bits per heavy atom. The summed E-state index contributed by atoms with van der Waals surface area (Å²) in [5.41, 5.74) is 6.68. The van der Waals surface area contributed by atoms with Crippen molar-refractivity contribution in [1.82, 2.24) is 0 Å². The van der Waals surface area contributed by atoms with Crippen LogP contribution in [0.5, 0.6) is 0 Å². The van der Waals surface area contributed by atoms with Gasteiger partial charge < -0.3 is 10.5 Å². The maximum Gasteiger partial charge on any atom is 0.129 e. The molecule has 2 N–H and O–H groups in total. The standard InChI is InChI=1S/C8H11N.C4H8O.BH3.3FH/c9-7-6-8-4-2-1-3-5-8;1-3-4(2)5;;;;/h1-5H,6-7,9H2;3H2,1-2H3;1H3;3*1H. The summed E-state index contributed by atoms with van der Waals surface area (Å²) in [7, 11) is 0. The number of carbonyl (C=O) groups is 1. The molecule has 0 unspecified atom stereocenters. The molecule has 0 saturated carbocycles. The molecule has 108 valence electrons. The van der Waals surface area contributed by atoms with E-state index in [1.807, 2.05) is 25.1 Å². The van der Waals surface area contributed by atoms with Crippen LogP contribution in [0.25, 0.3) is 0 Å². The van der Waals surface area contributed by atoms with Gasteiger partial charge in [0.25, 0.3) is 0 Å². The van der Waals surface area contributed by atoms with E-state index in [4.69, 9.17) is 5.73 Å². The van der Waals surface area contributed by atoms with Crippen molar-refractivity contribution in [2.75, 3.05) is 6.54 Å². The van der Waals surface area contributed by atoms with Gasteiger partial charge in [-0.1, -0.05) is 37.3 Å². The first kappa shape index (κ1) is 30.1. The Bertz CT molecular complexity index is 261. The molecule has 1 aromatic rings. The summed E-state index contributed by atoms with van der Waals surface area (Å²) in [5.74, 6) is 0.255. The van der Waals surface area contributed by atoms with Crippen molar-refractivity contribution in [2.45, 2.75) is 26.7 Å². The van der Waals surface area contributed by atoms with Gasteiger partial charge in [0.15, 0.2) is 0 Å². The van der Waals surface area contributed by atoms with Crippen LogP contribution < -0.4 is 5.73 Å². The molecule has 18 heavy (non-hydrogen) atoms. The van der Waals surface area contributed by atoms with Gasteiger partial charge in [-0.2, -0.15) is 0 Å². The van der Waals surface area contributed by atoms with Crippen LogP contribution in [0.3, 0.4) is 0 Å². The average molecular weight is 267 g/mol. The first-order valence-electron chi connectivity index (χ1n) is 4.94. The molecule has 0 heterocycles. The molecule has 0 aliphatic rings. The predicted molar refractivity (Wildman–Crippen MR) is 77.6 cm³/mol. The number of benzene rings is 1. The summed E-state index contributed by atoms with van der Waals surface area (Å²) < 4.78 is 0. The number of rotatable bonds is 3. The van der Waals surface area contributed by atoms with E-state index in [1.54, 1.807) is 6.92 Å².